The summed E-state index contributed by atoms with van der Waals surface area (Å²) in [5.41, 5.74) is 2.84. The van der Waals surface area contributed by atoms with Gasteiger partial charge in [0.15, 0.2) is 5.75 Å². The second-order valence-electron chi connectivity index (χ2n) is 5.15. The zero-order valence-corrected chi connectivity index (χ0v) is 13.2. The first-order valence-electron chi connectivity index (χ1n) is 6.98. The predicted octanol–water partition coefficient (Wildman–Crippen LogP) is 3.58. The van der Waals surface area contributed by atoms with Crippen molar-refractivity contribution >= 4 is 11.7 Å². The molecule has 23 heavy (non-hydrogen) atoms. The van der Waals surface area contributed by atoms with Crippen LogP contribution in [-0.2, 0) is 11.3 Å². The van der Waals surface area contributed by atoms with Crippen LogP contribution in [0.4, 0.5) is 5.69 Å². The molecule has 120 valence electrons. The molecule has 0 aliphatic heterocycles. The molecule has 0 aliphatic carbocycles. The van der Waals surface area contributed by atoms with E-state index in [1.165, 1.54) is 19.2 Å². The maximum absolute atomic E-state index is 12.1. The minimum atomic E-state index is -0.614. The van der Waals surface area contributed by atoms with Crippen molar-refractivity contribution in [1.82, 2.24) is 0 Å². The molecule has 0 saturated carbocycles. The molecular formula is C17H17NO5. The Labute approximate surface area is 133 Å². The van der Waals surface area contributed by atoms with Crippen molar-refractivity contribution in [2.75, 3.05) is 7.11 Å². The summed E-state index contributed by atoms with van der Waals surface area (Å²) in [5, 5.41) is 11.0. The maximum Gasteiger partial charge on any atom is 0.338 e. The molecule has 6 heteroatoms. The van der Waals surface area contributed by atoms with Gasteiger partial charge in [-0.25, -0.2) is 4.79 Å². The first kappa shape index (κ1) is 16.5. The lowest BCUT2D eigenvalue weighted by atomic mass is 10.1. The number of nitro groups is 1. The Balaban J connectivity index is 2.16. The predicted molar refractivity (Wildman–Crippen MR) is 84.7 cm³/mol. The molecule has 0 fully saturated rings. The Bertz CT molecular complexity index is 755. The van der Waals surface area contributed by atoms with Crippen LogP contribution < -0.4 is 4.74 Å². The maximum atomic E-state index is 12.1. The number of nitro benzene ring substituents is 1. The van der Waals surface area contributed by atoms with Crippen molar-refractivity contribution in [3.8, 4) is 5.75 Å². The molecule has 0 radical (unpaired) electrons. The number of benzene rings is 2. The number of methoxy groups -OCH3 is 1. The topological polar surface area (TPSA) is 78.7 Å². The highest BCUT2D eigenvalue weighted by Crippen LogP contribution is 2.28. The first-order valence-corrected chi connectivity index (χ1v) is 6.98. The van der Waals surface area contributed by atoms with E-state index in [1.54, 1.807) is 0 Å². The molecule has 0 bridgehead atoms. The van der Waals surface area contributed by atoms with Gasteiger partial charge in [0.25, 0.3) is 0 Å². The van der Waals surface area contributed by atoms with Crippen LogP contribution in [0.5, 0.6) is 5.75 Å². The van der Waals surface area contributed by atoms with Crippen molar-refractivity contribution < 1.29 is 19.2 Å². The van der Waals surface area contributed by atoms with Crippen molar-refractivity contribution in [2.45, 2.75) is 20.5 Å². The third-order valence-electron chi connectivity index (χ3n) is 3.47. The summed E-state index contributed by atoms with van der Waals surface area (Å²) < 4.78 is 10.2. The highest BCUT2D eigenvalue weighted by atomic mass is 16.6. The number of aryl methyl sites for hydroxylation is 2. The van der Waals surface area contributed by atoms with Crippen LogP contribution in [0.2, 0.25) is 0 Å². The second kappa shape index (κ2) is 6.91. The Morgan fingerprint density at radius 3 is 2.57 bits per heavy atom. The zero-order valence-electron chi connectivity index (χ0n) is 13.2. The Morgan fingerprint density at radius 2 is 1.91 bits per heavy atom. The summed E-state index contributed by atoms with van der Waals surface area (Å²) >= 11 is 0. The lowest BCUT2D eigenvalue weighted by Crippen LogP contribution is -2.07. The number of nitrogens with zero attached hydrogens (tertiary/aromatic N) is 1. The molecule has 0 saturated heterocycles. The number of carbonyl (C=O) groups excluding carboxylic acids is 1. The zero-order chi connectivity index (χ0) is 17.0. The van der Waals surface area contributed by atoms with E-state index in [2.05, 4.69) is 0 Å². The van der Waals surface area contributed by atoms with E-state index in [9.17, 15) is 14.9 Å². The number of hydrogen-bond donors (Lipinski definition) is 0. The number of rotatable bonds is 5. The van der Waals surface area contributed by atoms with E-state index >= 15 is 0 Å². The SMILES string of the molecule is COc1ccc(C(=O)OCc2cc(C)ccc2C)cc1[N+](=O)[O-]. The second-order valence-corrected chi connectivity index (χ2v) is 5.15. The van der Waals surface area contributed by atoms with E-state index in [-0.39, 0.29) is 23.6 Å². The molecule has 0 atom stereocenters. The summed E-state index contributed by atoms with van der Waals surface area (Å²) in [6.07, 6.45) is 0. The molecule has 0 heterocycles. The standard InChI is InChI=1S/C17H17NO5/c1-11-4-5-12(2)14(8-11)10-23-17(19)13-6-7-16(22-3)15(9-13)18(20)21/h4-9H,10H2,1-3H3. The van der Waals surface area contributed by atoms with E-state index < -0.39 is 10.9 Å². The minimum absolute atomic E-state index is 0.0982. The number of esters is 1. The largest absolute Gasteiger partial charge is 0.490 e. The van der Waals surface area contributed by atoms with Crippen LogP contribution in [0.15, 0.2) is 36.4 Å². The first-order chi connectivity index (χ1) is 10.9. The normalized spacial score (nSPS) is 10.2. The van der Waals surface area contributed by atoms with Crippen LogP contribution >= 0.6 is 0 Å². The van der Waals surface area contributed by atoms with Gasteiger partial charge < -0.3 is 9.47 Å². The number of ether oxygens (including phenoxy) is 2. The minimum Gasteiger partial charge on any atom is -0.490 e. The summed E-state index contributed by atoms with van der Waals surface area (Å²) in [6, 6.07) is 9.86. The van der Waals surface area contributed by atoms with Gasteiger partial charge in [-0.2, -0.15) is 0 Å². The van der Waals surface area contributed by atoms with Gasteiger partial charge in [0.2, 0.25) is 0 Å². The summed E-state index contributed by atoms with van der Waals surface area (Å²) in [5.74, 6) is -0.516. The average molecular weight is 315 g/mol. The molecule has 2 aromatic rings. The van der Waals surface area contributed by atoms with Gasteiger partial charge in [-0.05, 0) is 37.1 Å². The average Bonchev–Trinajstić information content (AvgIpc) is 2.54. The number of hydrogen-bond acceptors (Lipinski definition) is 5. The van der Waals surface area contributed by atoms with Crippen molar-refractivity contribution in [1.29, 1.82) is 0 Å². The van der Waals surface area contributed by atoms with E-state index in [1.807, 2.05) is 32.0 Å². The highest BCUT2D eigenvalue weighted by Gasteiger charge is 2.19. The smallest absolute Gasteiger partial charge is 0.338 e. The Kier molecular flexibility index (Phi) is 4.95. The van der Waals surface area contributed by atoms with E-state index in [4.69, 9.17) is 9.47 Å². The monoisotopic (exact) mass is 315 g/mol. The van der Waals surface area contributed by atoms with E-state index in [0.29, 0.717) is 0 Å². The molecule has 0 aliphatic rings. The van der Waals surface area contributed by atoms with Gasteiger partial charge in [0.1, 0.15) is 6.61 Å². The Morgan fingerprint density at radius 1 is 1.17 bits per heavy atom. The highest BCUT2D eigenvalue weighted by molar-refractivity contribution is 5.90. The molecular weight excluding hydrogens is 298 g/mol. The van der Waals surface area contributed by atoms with Gasteiger partial charge >= 0.3 is 11.7 Å². The molecule has 0 unspecified atom stereocenters. The van der Waals surface area contributed by atoms with Crippen LogP contribution in [0.1, 0.15) is 27.0 Å². The fourth-order valence-corrected chi connectivity index (χ4v) is 2.14. The molecule has 2 aromatic carbocycles. The van der Waals surface area contributed by atoms with Crippen molar-refractivity contribution in [3.05, 3.63) is 68.8 Å². The summed E-state index contributed by atoms with van der Waals surface area (Å²) in [4.78, 5) is 22.5. The molecule has 0 aromatic heterocycles. The fourth-order valence-electron chi connectivity index (χ4n) is 2.14. The van der Waals surface area contributed by atoms with E-state index in [0.717, 1.165) is 22.8 Å². The number of carbonyl (C=O) groups is 1. The molecule has 0 amide bonds. The van der Waals surface area contributed by atoms with Gasteiger partial charge in [0.05, 0.1) is 17.6 Å². The van der Waals surface area contributed by atoms with Crippen LogP contribution in [0.25, 0.3) is 0 Å². The van der Waals surface area contributed by atoms with Crippen molar-refractivity contribution in [3.63, 3.8) is 0 Å². The van der Waals surface area contributed by atoms with Gasteiger partial charge in [-0.15, -0.1) is 0 Å². The molecule has 6 nitrogen and oxygen atoms in total. The Hall–Kier alpha value is -2.89. The molecule has 2 rings (SSSR count). The summed E-state index contributed by atoms with van der Waals surface area (Å²) in [6.45, 7) is 4.00. The lowest BCUT2D eigenvalue weighted by molar-refractivity contribution is -0.385. The van der Waals surface area contributed by atoms with Gasteiger partial charge in [-0.1, -0.05) is 23.8 Å². The van der Waals surface area contributed by atoms with Crippen molar-refractivity contribution in [2.24, 2.45) is 0 Å². The lowest BCUT2D eigenvalue weighted by Gasteiger charge is -2.09. The van der Waals surface area contributed by atoms with Gasteiger partial charge in [-0.3, -0.25) is 10.1 Å². The summed E-state index contributed by atoms with van der Waals surface area (Å²) in [7, 11) is 1.33. The van der Waals surface area contributed by atoms with Gasteiger partial charge in [0, 0.05) is 6.07 Å². The fraction of sp³-hybridized carbons (Fsp3) is 0.235. The quantitative estimate of drug-likeness (QED) is 0.479. The third-order valence-corrected chi connectivity index (χ3v) is 3.47. The molecule has 0 N–H and O–H groups in total. The van der Waals surface area contributed by atoms with Crippen LogP contribution in [0.3, 0.4) is 0 Å². The third kappa shape index (κ3) is 3.85. The van der Waals surface area contributed by atoms with Crippen LogP contribution in [-0.4, -0.2) is 18.0 Å². The molecule has 0 spiro atoms. The van der Waals surface area contributed by atoms with Crippen LogP contribution in [0, 0.1) is 24.0 Å².